The summed E-state index contributed by atoms with van der Waals surface area (Å²) in [4.78, 5) is 0. The molecule has 90 valence electrons. The molecule has 0 spiro atoms. The SMILES string of the molecule is CCOCC(CBr)(CBr)c1ccccc1Br. The number of hydrogen-bond acceptors (Lipinski definition) is 1. The van der Waals surface area contributed by atoms with E-state index in [4.69, 9.17) is 4.74 Å². The van der Waals surface area contributed by atoms with Crippen molar-refractivity contribution in [3.05, 3.63) is 34.3 Å². The van der Waals surface area contributed by atoms with Crippen molar-refractivity contribution in [1.82, 2.24) is 0 Å². The molecular weight excluding hydrogens is 400 g/mol. The van der Waals surface area contributed by atoms with Gasteiger partial charge in [0.25, 0.3) is 0 Å². The van der Waals surface area contributed by atoms with Crippen molar-refractivity contribution >= 4 is 47.8 Å². The van der Waals surface area contributed by atoms with Gasteiger partial charge in [-0.05, 0) is 18.6 Å². The van der Waals surface area contributed by atoms with E-state index in [-0.39, 0.29) is 5.41 Å². The molecule has 1 nitrogen and oxygen atoms in total. The number of ether oxygens (including phenoxy) is 1. The molecule has 4 heteroatoms. The Balaban J connectivity index is 3.05. The molecule has 0 saturated carbocycles. The third kappa shape index (κ3) is 3.31. The van der Waals surface area contributed by atoms with Gasteiger partial charge in [0.2, 0.25) is 0 Å². The number of rotatable bonds is 6. The van der Waals surface area contributed by atoms with E-state index < -0.39 is 0 Å². The lowest BCUT2D eigenvalue weighted by molar-refractivity contribution is 0.109. The predicted molar refractivity (Wildman–Crippen MR) is 79.9 cm³/mol. The first-order valence-corrected chi connectivity index (χ1v) is 8.18. The lowest BCUT2D eigenvalue weighted by atomic mass is 9.85. The van der Waals surface area contributed by atoms with Crippen LogP contribution in [0.5, 0.6) is 0 Å². The fourth-order valence-corrected chi connectivity index (χ4v) is 4.09. The molecule has 0 fully saturated rings. The van der Waals surface area contributed by atoms with Crippen LogP contribution >= 0.6 is 47.8 Å². The average Bonchev–Trinajstić information content (AvgIpc) is 2.33. The van der Waals surface area contributed by atoms with Crippen LogP contribution in [0.1, 0.15) is 12.5 Å². The molecule has 0 amide bonds. The first kappa shape index (κ1) is 14.7. The minimum absolute atomic E-state index is 0.0178. The van der Waals surface area contributed by atoms with Gasteiger partial charge in [-0.2, -0.15) is 0 Å². The molecule has 0 radical (unpaired) electrons. The van der Waals surface area contributed by atoms with Gasteiger partial charge >= 0.3 is 0 Å². The average molecular weight is 415 g/mol. The topological polar surface area (TPSA) is 9.23 Å². The molecule has 1 aromatic carbocycles. The molecule has 1 aromatic rings. The summed E-state index contributed by atoms with van der Waals surface area (Å²) >= 11 is 10.8. The summed E-state index contributed by atoms with van der Waals surface area (Å²) in [6.45, 7) is 3.47. The van der Waals surface area contributed by atoms with Crippen LogP contribution < -0.4 is 0 Å². The summed E-state index contributed by atoms with van der Waals surface area (Å²) in [5.41, 5.74) is 1.26. The molecule has 0 aromatic heterocycles. The van der Waals surface area contributed by atoms with Crippen LogP contribution in [-0.2, 0) is 10.2 Å². The Bertz CT molecular complexity index is 324. The zero-order valence-electron chi connectivity index (χ0n) is 9.18. The number of hydrogen-bond donors (Lipinski definition) is 0. The van der Waals surface area contributed by atoms with E-state index in [1.807, 2.05) is 13.0 Å². The van der Waals surface area contributed by atoms with E-state index in [2.05, 4.69) is 66.0 Å². The molecular formula is C12H15Br3O. The summed E-state index contributed by atoms with van der Waals surface area (Å²) in [6, 6.07) is 8.31. The Hall–Kier alpha value is 0.620. The Morgan fingerprint density at radius 3 is 2.31 bits per heavy atom. The van der Waals surface area contributed by atoms with E-state index in [0.717, 1.165) is 21.7 Å². The van der Waals surface area contributed by atoms with Gasteiger partial charge in [0.1, 0.15) is 0 Å². The molecule has 0 N–H and O–H groups in total. The quantitative estimate of drug-likeness (QED) is 0.622. The molecule has 0 aliphatic heterocycles. The third-order valence-corrected chi connectivity index (χ3v) is 5.38. The fourth-order valence-electron chi connectivity index (χ4n) is 1.52. The highest BCUT2D eigenvalue weighted by Gasteiger charge is 2.32. The first-order chi connectivity index (χ1) is 7.70. The Morgan fingerprint density at radius 1 is 1.19 bits per heavy atom. The van der Waals surface area contributed by atoms with Crippen LogP contribution in [0.2, 0.25) is 0 Å². The number of alkyl halides is 2. The minimum Gasteiger partial charge on any atom is -0.381 e. The highest BCUT2D eigenvalue weighted by molar-refractivity contribution is 9.10. The first-order valence-electron chi connectivity index (χ1n) is 5.15. The van der Waals surface area contributed by atoms with Gasteiger partial charge in [-0.25, -0.2) is 0 Å². The van der Waals surface area contributed by atoms with Gasteiger partial charge in [-0.3, -0.25) is 0 Å². The smallest absolute Gasteiger partial charge is 0.0579 e. The van der Waals surface area contributed by atoms with Crippen LogP contribution in [0.15, 0.2) is 28.7 Å². The Morgan fingerprint density at radius 2 is 1.81 bits per heavy atom. The molecule has 16 heavy (non-hydrogen) atoms. The summed E-state index contributed by atoms with van der Waals surface area (Å²) in [5, 5.41) is 1.74. The fraction of sp³-hybridized carbons (Fsp3) is 0.500. The second-order valence-electron chi connectivity index (χ2n) is 3.66. The maximum Gasteiger partial charge on any atom is 0.0579 e. The summed E-state index contributed by atoms with van der Waals surface area (Å²) in [6.07, 6.45) is 0. The highest BCUT2D eigenvalue weighted by atomic mass is 79.9. The standard InChI is InChI=1S/C12H15Br3O/c1-2-16-9-12(7-13,8-14)10-5-3-4-6-11(10)15/h3-6H,2,7-9H2,1H3. The van der Waals surface area contributed by atoms with Crippen molar-refractivity contribution < 1.29 is 4.74 Å². The van der Waals surface area contributed by atoms with Crippen LogP contribution in [0.25, 0.3) is 0 Å². The zero-order chi connectivity index (χ0) is 12.0. The highest BCUT2D eigenvalue weighted by Crippen LogP contribution is 2.34. The van der Waals surface area contributed by atoms with E-state index in [0.29, 0.717) is 6.61 Å². The monoisotopic (exact) mass is 412 g/mol. The maximum absolute atomic E-state index is 5.61. The van der Waals surface area contributed by atoms with Gasteiger partial charge in [-0.15, -0.1) is 0 Å². The Kier molecular flexibility index (Phi) is 6.55. The maximum atomic E-state index is 5.61. The molecule has 0 bridgehead atoms. The number of benzene rings is 1. The van der Waals surface area contributed by atoms with Gasteiger partial charge in [0, 0.05) is 27.2 Å². The molecule has 1 rings (SSSR count). The summed E-state index contributed by atoms with van der Waals surface area (Å²) in [7, 11) is 0. The van der Waals surface area contributed by atoms with Crippen molar-refractivity contribution in [3.8, 4) is 0 Å². The van der Waals surface area contributed by atoms with Crippen molar-refractivity contribution in [2.24, 2.45) is 0 Å². The normalized spacial score (nSPS) is 11.8. The largest absolute Gasteiger partial charge is 0.381 e. The third-order valence-electron chi connectivity index (χ3n) is 2.54. The minimum atomic E-state index is -0.0178. The van der Waals surface area contributed by atoms with Gasteiger partial charge < -0.3 is 4.74 Å². The number of halogens is 3. The van der Waals surface area contributed by atoms with Crippen LogP contribution in [-0.4, -0.2) is 23.9 Å². The van der Waals surface area contributed by atoms with Crippen molar-refractivity contribution in [2.45, 2.75) is 12.3 Å². The zero-order valence-corrected chi connectivity index (χ0v) is 13.9. The molecule has 0 aliphatic carbocycles. The van der Waals surface area contributed by atoms with E-state index in [1.165, 1.54) is 5.56 Å². The van der Waals surface area contributed by atoms with Crippen LogP contribution in [0, 0.1) is 0 Å². The van der Waals surface area contributed by atoms with Crippen LogP contribution in [0.3, 0.4) is 0 Å². The molecule has 0 aliphatic rings. The molecule has 0 saturated heterocycles. The van der Waals surface area contributed by atoms with Gasteiger partial charge in [-0.1, -0.05) is 66.0 Å². The second-order valence-corrected chi connectivity index (χ2v) is 5.64. The predicted octanol–water partition coefficient (Wildman–Crippen LogP) is 4.51. The second kappa shape index (κ2) is 7.14. The van der Waals surface area contributed by atoms with Gasteiger partial charge in [0.05, 0.1) is 6.61 Å². The van der Waals surface area contributed by atoms with E-state index in [1.54, 1.807) is 0 Å². The van der Waals surface area contributed by atoms with Gasteiger partial charge in [0.15, 0.2) is 0 Å². The van der Waals surface area contributed by atoms with Crippen LogP contribution in [0.4, 0.5) is 0 Å². The van der Waals surface area contributed by atoms with Crippen molar-refractivity contribution in [1.29, 1.82) is 0 Å². The summed E-state index contributed by atoms with van der Waals surface area (Å²) < 4.78 is 6.74. The summed E-state index contributed by atoms with van der Waals surface area (Å²) in [5.74, 6) is 0. The lowest BCUT2D eigenvalue weighted by Crippen LogP contribution is -2.36. The molecule has 0 unspecified atom stereocenters. The van der Waals surface area contributed by atoms with E-state index in [9.17, 15) is 0 Å². The Labute approximate surface area is 122 Å². The lowest BCUT2D eigenvalue weighted by Gasteiger charge is -2.31. The molecule has 0 heterocycles. The molecule has 0 atom stereocenters. The van der Waals surface area contributed by atoms with Crippen molar-refractivity contribution in [3.63, 3.8) is 0 Å². The van der Waals surface area contributed by atoms with Crippen molar-refractivity contribution in [2.75, 3.05) is 23.9 Å². The van der Waals surface area contributed by atoms with E-state index >= 15 is 0 Å².